The fraction of sp³-hybridized carbons (Fsp3) is 0.143. The minimum absolute atomic E-state index is 0.328. The van der Waals surface area contributed by atoms with Gasteiger partial charge in [-0.1, -0.05) is 12.7 Å². The van der Waals surface area contributed by atoms with Crippen LogP contribution in [0.25, 0.3) is 0 Å². The summed E-state index contributed by atoms with van der Waals surface area (Å²) in [5, 5.41) is 0.675. The smallest absolute Gasteiger partial charge is 0.268 e. The van der Waals surface area contributed by atoms with Crippen molar-refractivity contribution in [2.24, 2.45) is 0 Å². The lowest BCUT2D eigenvalue weighted by atomic mass is 10.6. The molecule has 0 aliphatic carbocycles. The van der Waals surface area contributed by atoms with Gasteiger partial charge in [0.25, 0.3) is 5.91 Å². The highest BCUT2D eigenvalue weighted by atomic mass is 16.2. The largest absolute Gasteiger partial charge is 0.335 e. The van der Waals surface area contributed by atoms with Crippen molar-refractivity contribution in [2.45, 2.75) is 0 Å². The highest BCUT2D eigenvalue weighted by molar-refractivity contribution is 5.93. The molecular weight excluding hydrogens is 144 g/mol. The van der Waals surface area contributed by atoms with Crippen LogP contribution in [0.4, 0.5) is 0 Å². The highest BCUT2D eigenvalue weighted by Crippen LogP contribution is 1.79. The number of carbonyl (C=O) groups excluding carboxylic acids is 2. The van der Waals surface area contributed by atoms with Gasteiger partial charge in [0.05, 0.1) is 0 Å². The van der Waals surface area contributed by atoms with Crippen LogP contribution in [0, 0.1) is 0 Å². The summed E-state index contributed by atoms with van der Waals surface area (Å²) in [4.78, 5) is 20.7. The number of hydrogen-bond acceptors (Lipinski definition) is 3. The van der Waals surface area contributed by atoms with Crippen LogP contribution in [0.3, 0.4) is 0 Å². The predicted molar refractivity (Wildman–Crippen MR) is 40.9 cm³/mol. The standard InChI is InChI=1S/C7H9N2O2/c1-3-5-8-9(6-10)7(11)4-2/h3-4,8H,1-2,5H2. The second-order valence-electron chi connectivity index (χ2n) is 1.62. The maximum Gasteiger partial charge on any atom is 0.335 e. The Labute approximate surface area is 65.2 Å². The minimum Gasteiger partial charge on any atom is -0.268 e. The molecule has 0 heterocycles. The Kier molecular flexibility index (Phi) is 4.68. The van der Waals surface area contributed by atoms with E-state index in [0.717, 1.165) is 6.08 Å². The molecule has 0 spiro atoms. The number of carbonyl (C=O) groups is 1. The van der Waals surface area contributed by atoms with Crippen molar-refractivity contribution in [3.63, 3.8) is 0 Å². The van der Waals surface area contributed by atoms with E-state index in [4.69, 9.17) is 0 Å². The maximum atomic E-state index is 10.7. The van der Waals surface area contributed by atoms with Gasteiger partial charge in [-0.25, -0.2) is 10.4 Å². The SMILES string of the molecule is C=CCNN([C]=O)C(=O)C=C. The molecule has 0 aliphatic rings. The number of imide groups is 1. The van der Waals surface area contributed by atoms with Crippen molar-refractivity contribution >= 4 is 12.3 Å². The number of amides is 2. The first kappa shape index (κ1) is 9.58. The third-order valence-corrected chi connectivity index (χ3v) is 0.880. The molecule has 0 rings (SSSR count). The number of hydrogen-bond donors (Lipinski definition) is 1. The molecule has 0 aliphatic heterocycles. The van der Waals surface area contributed by atoms with Crippen LogP contribution in [0.2, 0.25) is 0 Å². The molecule has 0 bridgehead atoms. The summed E-state index contributed by atoms with van der Waals surface area (Å²) >= 11 is 0. The molecule has 0 saturated heterocycles. The van der Waals surface area contributed by atoms with Crippen molar-refractivity contribution in [1.82, 2.24) is 10.4 Å². The number of hydrazine groups is 1. The van der Waals surface area contributed by atoms with Gasteiger partial charge in [-0.2, -0.15) is 0 Å². The van der Waals surface area contributed by atoms with Gasteiger partial charge >= 0.3 is 6.41 Å². The van der Waals surface area contributed by atoms with Gasteiger partial charge < -0.3 is 0 Å². The predicted octanol–water partition coefficient (Wildman–Crippen LogP) is -0.241. The first-order valence-electron chi connectivity index (χ1n) is 2.95. The van der Waals surface area contributed by atoms with Crippen LogP contribution in [-0.4, -0.2) is 23.9 Å². The van der Waals surface area contributed by atoms with Crippen LogP contribution in [0.15, 0.2) is 25.3 Å². The molecule has 0 atom stereocenters. The topological polar surface area (TPSA) is 49.4 Å². The molecule has 0 fully saturated rings. The minimum atomic E-state index is -0.540. The molecule has 0 aromatic carbocycles. The molecule has 59 valence electrons. The zero-order valence-corrected chi connectivity index (χ0v) is 6.04. The van der Waals surface area contributed by atoms with E-state index in [-0.39, 0.29) is 0 Å². The zero-order chi connectivity index (χ0) is 8.69. The van der Waals surface area contributed by atoms with Crippen LogP contribution in [0.1, 0.15) is 0 Å². The third-order valence-electron chi connectivity index (χ3n) is 0.880. The molecule has 0 saturated carbocycles. The van der Waals surface area contributed by atoms with Gasteiger partial charge in [0.15, 0.2) is 0 Å². The molecule has 0 unspecified atom stereocenters. The van der Waals surface area contributed by atoms with Crippen molar-refractivity contribution in [3.05, 3.63) is 25.3 Å². The third kappa shape index (κ3) is 3.32. The molecular formula is C7H9N2O2. The summed E-state index contributed by atoms with van der Waals surface area (Å²) < 4.78 is 0. The summed E-state index contributed by atoms with van der Waals surface area (Å²) in [6.07, 6.45) is 3.92. The monoisotopic (exact) mass is 153 g/mol. The lowest BCUT2D eigenvalue weighted by Gasteiger charge is -2.10. The fourth-order valence-corrected chi connectivity index (χ4v) is 0.402. The molecule has 4 nitrogen and oxygen atoms in total. The van der Waals surface area contributed by atoms with Crippen LogP contribution in [0.5, 0.6) is 0 Å². The number of nitrogens with zero attached hydrogens (tertiary/aromatic N) is 1. The molecule has 1 N–H and O–H groups in total. The number of nitrogens with one attached hydrogen (secondary N) is 1. The van der Waals surface area contributed by atoms with Crippen LogP contribution < -0.4 is 5.43 Å². The van der Waals surface area contributed by atoms with E-state index in [2.05, 4.69) is 18.6 Å². The molecule has 1 radical (unpaired) electrons. The van der Waals surface area contributed by atoms with Crippen LogP contribution in [-0.2, 0) is 9.59 Å². The second kappa shape index (κ2) is 5.37. The van der Waals surface area contributed by atoms with Crippen LogP contribution >= 0.6 is 0 Å². The average molecular weight is 153 g/mol. The first-order chi connectivity index (χ1) is 5.26. The zero-order valence-electron chi connectivity index (χ0n) is 6.04. The summed E-state index contributed by atoms with van der Waals surface area (Å²) in [5.41, 5.74) is 2.44. The van der Waals surface area contributed by atoms with E-state index in [9.17, 15) is 9.59 Å². The van der Waals surface area contributed by atoms with E-state index >= 15 is 0 Å². The summed E-state index contributed by atoms with van der Waals surface area (Å²) in [7, 11) is 0. The molecule has 0 aromatic heterocycles. The lowest BCUT2D eigenvalue weighted by Crippen LogP contribution is -2.40. The summed E-state index contributed by atoms with van der Waals surface area (Å²) in [6, 6.07) is 0. The Hall–Kier alpha value is -1.42. The van der Waals surface area contributed by atoms with E-state index in [1.165, 1.54) is 12.5 Å². The summed E-state index contributed by atoms with van der Waals surface area (Å²) in [5.74, 6) is -0.540. The Balaban J connectivity index is 3.93. The van der Waals surface area contributed by atoms with Crippen molar-refractivity contribution < 1.29 is 9.59 Å². The quantitative estimate of drug-likeness (QED) is 0.256. The van der Waals surface area contributed by atoms with Gasteiger partial charge in [0.1, 0.15) is 0 Å². The van der Waals surface area contributed by atoms with E-state index in [0.29, 0.717) is 11.6 Å². The Morgan fingerprint density at radius 1 is 1.64 bits per heavy atom. The van der Waals surface area contributed by atoms with Gasteiger partial charge in [-0.15, -0.1) is 6.58 Å². The Bertz CT molecular complexity index is 177. The molecule has 2 amide bonds. The maximum absolute atomic E-state index is 10.7. The summed E-state index contributed by atoms with van der Waals surface area (Å²) in [6.45, 7) is 6.93. The highest BCUT2D eigenvalue weighted by Gasteiger charge is 2.06. The van der Waals surface area contributed by atoms with Gasteiger partial charge in [0, 0.05) is 6.54 Å². The fourth-order valence-electron chi connectivity index (χ4n) is 0.402. The van der Waals surface area contributed by atoms with Gasteiger partial charge in [-0.05, 0) is 6.08 Å². The Morgan fingerprint density at radius 3 is 2.64 bits per heavy atom. The molecule has 4 heteroatoms. The molecule has 0 aromatic rings. The van der Waals surface area contributed by atoms with Crippen molar-refractivity contribution in [1.29, 1.82) is 0 Å². The normalized spacial score (nSPS) is 8.36. The number of rotatable bonds is 5. The Morgan fingerprint density at radius 2 is 2.27 bits per heavy atom. The molecule has 11 heavy (non-hydrogen) atoms. The lowest BCUT2D eigenvalue weighted by molar-refractivity contribution is -0.124. The van der Waals surface area contributed by atoms with Crippen molar-refractivity contribution in [2.75, 3.05) is 6.54 Å². The van der Waals surface area contributed by atoms with Gasteiger partial charge in [-0.3, -0.25) is 9.59 Å². The van der Waals surface area contributed by atoms with E-state index < -0.39 is 5.91 Å². The second-order valence-corrected chi connectivity index (χ2v) is 1.62. The van der Waals surface area contributed by atoms with E-state index in [1.54, 1.807) is 0 Å². The van der Waals surface area contributed by atoms with E-state index in [1.807, 2.05) is 0 Å². The average Bonchev–Trinajstić information content (AvgIpc) is 2.05. The van der Waals surface area contributed by atoms with Crippen molar-refractivity contribution in [3.8, 4) is 0 Å². The van der Waals surface area contributed by atoms with Gasteiger partial charge in [0.2, 0.25) is 0 Å². The first-order valence-corrected chi connectivity index (χ1v) is 2.95.